The number of carbonyl (C=O) groups excluding carboxylic acids is 2. The van der Waals surface area contributed by atoms with Gasteiger partial charge < -0.3 is 23.7 Å². The molecule has 2 saturated carbocycles. The van der Waals surface area contributed by atoms with Crippen molar-refractivity contribution in [3.8, 4) is 0 Å². The van der Waals surface area contributed by atoms with E-state index in [0.29, 0.717) is 13.0 Å². The number of esters is 1. The van der Waals surface area contributed by atoms with Crippen LogP contribution in [-0.2, 0) is 28.5 Å². The predicted octanol–water partition coefficient (Wildman–Crippen LogP) is 2.49. The zero-order chi connectivity index (χ0) is 20.1. The van der Waals surface area contributed by atoms with Crippen molar-refractivity contribution in [2.45, 2.75) is 81.3 Å². The first-order valence-corrected chi connectivity index (χ1v) is 10.9. The highest BCUT2D eigenvalue weighted by molar-refractivity contribution is 6.61. The molecule has 2 spiro atoms. The van der Waals surface area contributed by atoms with Crippen LogP contribution in [0.4, 0.5) is 4.79 Å². The van der Waals surface area contributed by atoms with Crippen LogP contribution in [0, 0.1) is 17.3 Å². The van der Waals surface area contributed by atoms with Crippen molar-refractivity contribution in [1.82, 2.24) is 0 Å². The molecule has 7 rings (SSSR count). The van der Waals surface area contributed by atoms with Gasteiger partial charge in [0.15, 0.2) is 11.7 Å². The van der Waals surface area contributed by atoms with Gasteiger partial charge in [0.1, 0.15) is 30.0 Å². The Morgan fingerprint density at radius 1 is 1.24 bits per heavy atom. The maximum absolute atomic E-state index is 12.2. The molecule has 0 N–H and O–H groups in total. The quantitative estimate of drug-likeness (QED) is 0.383. The van der Waals surface area contributed by atoms with Crippen molar-refractivity contribution >= 4 is 23.0 Å². The normalized spacial score (nSPS) is 57.6. The second kappa shape index (κ2) is 4.69. The molecule has 0 aromatic rings. The second-order valence-corrected chi connectivity index (χ2v) is 10.6. The van der Waals surface area contributed by atoms with Crippen molar-refractivity contribution in [3.63, 3.8) is 0 Å². The number of carbonyl (C=O) groups is 2. The van der Waals surface area contributed by atoms with Crippen molar-refractivity contribution in [3.05, 3.63) is 11.1 Å². The van der Waals surface area contributed by atoms with E-state index >= 15 is 0 Å². The van der Waals surface area contributed by atoms with Gasteiger partial charge in [-0.1, -0.05) is 20.8 Å². The lowest BCUT2D eigenvalue weighted by molar-refractivity contribution is -0.136. The minimum atomic E-state index is -0.835. The molecule has 8 heteroatoms. The van der Waals surface area contributed by atoms with E-state index in [2.05, 4.69) is 20.8 Å². The molecule has 0 bridgehead atoms. The third-order valence-electron chi connectivity index (χ3n) is 9.28. The average molecular weight is 423 g/mol. The third-order valence-corrected chi connectivity index (χ3v) is 9.36. The van der Waals surface area contributed by atoms with Gasteiger partial charge in [0.05, 0.1) is 6.10 Å². The van der Waals surface area contributed by atoms with Crippen LogP contribution in [0.3, 0.4) is 0 Å². The van der Waals surface area contributed by atoms with Gasteiger partial charge in [-0.05, 0) is 36.7 Å². The van der Waals surface area contributed by atoms with Gasteiger partial charge in [0, 0.05) is 22.6 Å². The number of fused-ring (bicyclic) bond motifs is 4. The van der Waals surface area contributed by atoms with E-state index in [9.17, 15) is 9.59 Å². The largest absolute Gasteiger partial charge is 0.458 e. The minimum absolute atomic E-state index is 0.0897. The van der Waals surface area contributed by atoms with Crippen molar-refractivity contribution in [2.75, 3.05) is 6.61 Å². The van der Waals surface area contributed by atoms with Gasteiger partial charge in [0.25, 0.3) is 0 Å². The number of cyclic esters (lactones) is 1. The van der Waals surface area contributed by atoms with Crippen LogP contribution in [0.2, 0.25) is 0 Å². The number of epoxide rings is 3. The molecule has 0 amide bonds. The maximum atomic E-state index is 12.2. The standard InChI is InChI=1S/C21H23ClO7/c1-8(2)19-13(28-19)14-21(29-14)18(3)5-4-9-10(7-25-15(9)23)11(18)6-12-20(21,27-12)16(19)26-17(22)24/h8,11-14,16H,4-7H2,1-3H3. The fourth-order valence-corrected chi connectivity index (χ4v) is 8.02. The molecule has 7 aliphatic rings. The summed E-state index contributed by atoms with van der Waals surface area (Å²) in [7, 11) is 0. The van der Waals surface area contributed by atoms with Crippen LogP contribution in [0.1, 0.15) is 40.0 Å². The zero-order valence-corrected chi connectivity index (χ0v) is 17.3. The molecule has 3 aliphatic carbocycles. The summed E-state index contributed by atoms with van der Waals surface area (Å²) in [6.45, 7) is 6.76. The highest BCUT2D eigenvalue weighted by atomic mass is 35.5. The van der Waals surface area contributed by atoms with Crippen LogP contribution in [0.15, 0.2) is 11.1 Å². The number of hydrogen-bond acceptors (Lipinski definition) is 7. The smallest absolute Gasteiger partial charge is 0.404 e. The summed E-state index contributed by atoms with van der Waals surface area (Å²) in [4.78, 5) is 24.0. The van der Waals surface area contributed by atoms with E-state index in [1.165, 1.54) is 0 Å². The first-order chi connectivity index (χ1) is 13.7. The van der Waals surface area contributed by atoms with E-state index in [-0.39, 0.29) is 41.5 Å². The Labute approximate surface area is 173 Å². The Bertz CT molecular complexity index is 930. The Hall–Kier alpha value is -1.15. The van der Waals surface area contributed by atoms with Gasteiger partial charge in [-0.2, -0.15) is 0 Å². The van der Waals surface area contributed by atoms with Crippen LogP contribution >= 0.6 is 11.6 Å². The molecule has 4 aliphatic heterocycles. The lowest BCUT2D eigenvalue weighted by Crippen LogP contribution is -2.69. The van der Waals surface area contributed by atoms with Crippen LogP contribution in [0.25, 0.3) is 0 Å². The third kappa shape index (κ3) is 1.57. The van der Waals surface area contributed by atoms with Crippen LogP contribution in [0.5, 0.6) is 0 Å². The van der Waals surface area contributed by atoms with Gasteiger partial charge >= 0.3 is 11.4 Å². The molecule has 7 nitrogen and oxygen atoms in total. The highest BCUT2D eigenvalue weighted by Gasteiger charge is 3.01. The summed E-state index contributed by atoms with van der Waals surface area (Å²) in [6.07, 6.45) is 1.32. The van der Waals surface area contributed by atoms with Crippen molar-refractivity contribution in [2.24, 2.45) is 17.3 Å². The van der Waals surface area contributed by atoms with Crippen LogP contribution in [-0.4, -0.2) is 59.2 Å². The van der Waals surface area contributed by atoms with E-state index in [1.54, 1.807) is 0 Å². The number of halogens is 1. The molecule has 0 aromatic carbocycles. The summed E-state index contributed by atoms with van der Waals surface area (Å²) in [5.74, 6) is 0.103. The molecular weight excluding hydrogens is 400 g/mol. The fraction of sp³-hybridized carbons (Fsp3) is 0.810. The molecule has 0 aromatic heterocycles. The molecule has 4 heterocycles. The molecule has 0 radical (unpaired) electrons. The number of hydrogen-bond donors (Lipinski definition) is 0. The molecular formula is C21H23ClO7. The Kier molecular flexibility index (Phi) is 2.83. The predicted molar refractivity (Wildman–Crippen MR) is 97.2 cm³/mol. The first-order valence-electron chi connectivity index (χ1n) is 10.5. The summed E-state index contributed by atoms with van der Waals surface area (Å²) >= 11 is 5.72. The Morgan fingerprint density at radius 3 is 2.76 bits per heavy atom. The highest BCUT2D eigenvalue weighted by Crippen LogP contribution is 2.83. The minimum Gasteiger partial charge on any atom is -0.458 e. The van der Waals surface area contributed by atoms with Gasteiger partial charge in [-0.25, -0.2) is 9.59 Å². The average Bonchev–Trinajstić information content (AvgIpc) is 3.53. The monoisotopic (exact) mass is 422 g/mol. The molecule has 5 fully saturated rings. The number of rotatable bonds is 2. The van der Waals surface area contributed by atoms with E-state index < -0.39 is 28.3 Å². The lowest BCUT2D eigenvalue weighted by Gasteiger charge is -2.53. The second-order valence-electron chi connectivity index (χ2n) is 10.2. The first kappa shape index (κ1) is 17.5. The molecule has 9 unspecified atom stereocenters. The molecule has 9 atom stereocenters. The van der Waals surface area contributed by atoms with E-state index in [0.717, 1.165) is 24.0 Å². The van der Waals surface area contributed by atoms with Gasteiger partial charge in [0.2, 0.25) is 0 Å². The Balaban J connectivity index is 1.38. The van der Waals surface area contributed by atoms with Gasteiger partial charge in [-0.15, -0.1) is 0 Å². The topological polar surface area (TPSA) is 90.2 Å². The van der Waals surface area contributed by atoms with Crippen molar-refractivity contribution < 1.29 is 33.3 Å². The summed E-state index contributed by atoms with van der Waals surface area (Å²) in [5.41, 5.74) is -1.06. The lowest BCUT2D eigenvalue weighted by atomic mass is 9.46. The molecule has 3 saturated heterocycles. The zero-order valence-electron chi connectivity index (χ0n) is 16.5. The van der Waals surface area contributed by atoms with Crippen molar-refractivity contribution in [1.29, 1.82) is 0 Å². The summed E-state index contributed by atoms with van der Waals surface area (Å²) < 4.78 is 30.4. The van der Waals surface area contributed by atoms with Crippen LogP contribution < -0.4 is 0 Å². The number of ether oxygens (including phenoxy) is 5. The Morgan fingerprint density at radius 2 is 2.03 bits per heavy atom. The fourth-order valence-electron chi connectivity index (χ4n) is 7.93. The SMILES string of the molecule is CC(C)C12OC1C1OC13C1(C)CCC4=C(COC4=O)C1CC1OC13C2OC(=O)Cl. The summed E-state index contributed by atoms with van der Waals surface area (Å²) in [5, 5.41) is 0. The molecule has 29 heavy (non-hydrogen) atoms. The van der Waals surface area contributed by atoms with Gasteiger partial charge in [-0.3, -0.25) is 0 Å². The molecule has 156 valence electrons. The van der Waals surface area contributed by atoms with E-state index in [1.807, 2.05) is 0 Å². The van der Waals surface area contributed by atoms with E-state index in [4.69, 9.17) is 35.3 Å². The maximum Gasteiger partial charge on any atom is 0.404 e. The summed E-state index contributed by atoms with van der Waals surface area (Å²) in [6, 6.07) is 0.